The third-order valence-corrected chi connectivity index (χ3v) is 7.41. The van der Waals surface area contributed by atoms with Gasteiger partial charge in [-0.25, -0.2) is 4.98 Å². The number of pyridine rings is 1. The molecule has 0 bridgehead atoms. The molecule has 1 saturated heterocycles. The van der Waals surface area contributed by atoms with Gasteiger partial charge in [0.25, 0.3) is 0 Å². The molecular weight excluding hydrogens is 418 g/mol. The van der Waals surface area contributed by atoms with E-state index in [0.717, 1.165) is 59.6 Å². The van der Waals surface area contributed by atoms with Crippen molar-refractivity contribution in [2.24, 2.45) is 4.99 Å². The Balaban J connectivity index is 1.50. The van der Waals surface area contributed by atoms with Crippen molar-refractivity contribution in [1.82, 2.24) is 9.88 Å². The van der Waals surface area contributed by atoms with Gasteiger partial charge in [-0.1, -0.05) is 18.2 Å². The van der Waals surface area contributed by atoms with Crippen LogP contribution in [0, 0.1) is 13.8 Å². The number of methoxy groups -OCH3 is 1. The number of ether oxygens (including phenoxy) is 2. The zero-order valence-corrected chi connectivity index (χ0v) is 19.7. The van der Waals surface area contributed by atoms with Crippen molar-refractivity contribution in [2.45, 2.75) is 50.9 Å². The number of rotatable bonds is 5. The summed E-state index contributed by atoms with van der Waals surface area (Å²) < 4.78 is 11.4. The Kier molecular flexibility index (Phi) is 6.07. The molecule has 5 rings (SSSR count). The Labute approximate surface area is 193 Å². The number of aliphatic imine (C=N–C) groups is 1. The molecule has 0 amide bonds. The van der Waals surface area contributed by atoms with Crippen molar-refractivity contribution in [1.29, 1.82) is 0 Å². The lowest BCUT2D eigenvalue weighted by Crippen LogP contribution is -2.32. The summed E-state index contributed by atoms with van der Waals surface area (Å²) >= 11 is 1.67. The van der Waals surface area contributed by atoms with E-state index in [0.29, 0.717) is 6.54 Å². The lowest BCUT2D eigenvalue weighted by molar-refractivity contribution is 0.117. The maximum absolute atomic E-state index is 5.82. The number of thioether (sulfide) groups is 1. The first-order valence-electron chi connectivity index (χ1n) is 11.2. The number of aryl methyl sites for hydroxylation is 2. The maximum atomic E-state index is 5.82. The zero-order chi connectivity index (χ0) is 22.1. The van der Waals surface area contributed by atoms with E-state index in [2.05, 4.69) is 49.1 Å². The summed E-state index contributed by atoms with van der Waals surface area (Å²) in [4.78, 5) is 12.4. The lowest BCUT2D eigenvalue weighted by Gasteiger charge is -2.31. The molecule has 166 valence electrons. The summed E-state index contributed by atoms with van der Waals surface area (Å²) in [5.74, 6) is 0.907. The Hall–Kier alpha value is -2.57. The fraction of sp³-hybridized carbons (Fsp3) is 0.385. The van der Waals surface area contributed by atoms with Crippen LogP contribution in [0.5, 0.6) is 5.75 Å². The lowest BCUT2D eigenvalue weighted by atomic mass is 10.0. The fourth-order valence-electron chi connectivity index (χ4n) is 4.36. The van der Waals surface area contributed by atoms with E-state index < -0.39 is 0 Å². The molecule has 2 aromatic carbocycles. The molecule has 0 aliphatic carbocycles. The number of amidine groups is 1. The standard InChI is InChI=1S/C26H29N3O2S/c1-17-11-20-13-21-16-29(15-19-7-4-5-9-24(19)30-3)26(27-14-22-8-6-10-31-22)32-25(21)28-23(20)12-18(17)2/h4-5,7,9,11-13,22H,6,8,10,14-16H2,1-3H3. The van der Waals surface area contributed by atoms with Crippen LogP contribution in [-0.4, -0.2) is 41.4 Å². The second-order valence-electron chi connectivity index (χ2n) is 8.61. The Morgan fingerprint density at radius 3 is 2.84 bits per heavy atom. The van der Waals surface area contributed by atoms with Gasteiger partial charge in [0.2, 0.25) is 0 Å². The molecule has 2 aliphatic rings. The van der Waals surface area contributed by atoms with E-state index in [-0.39, 0.29) is 6.10 Å². The van der Waals surface area contributed by atoms with Gasteiger partial charge in [-0.3, -0.25) is 4.99 Å². The minimum atomic E-state index is 0.229. The second-order valence-corrected chi connectivity index (χ2v) is 9.57. The molecule has 6 heteroatoms. The summed E-state index contributed by atoms with van der Waals surface area (Å²) in [5, 5.41) is 3.27. The summed E-state index contributed by atoms with van der Waals surface area (Å²) in [7, 11) is 1.73. The van der Waals surface area contributed by atoms with Gasteiger partial charge < -0.3 is 14.4 Å². The predicted octanol–water partition coefficient (Wildman–Crippen LogP) is 5.50. The SMILES string of the molecule is COc1ccccc1CN1Cc2cc3cc(C)c(C)cc3nc2SC1=NCC1CCCO1. The number of hydrogen-bond acceptors (Lipinski definition) is 5. The first-order valence-corrected chi connectivity index (χ1v) is 12.0. The zero-order valence-electron chi connectivity index (χ0n) is 18.9. The largest absolute Gasteiger partial charge is 0.496 e. The summed E-state index contributed by atoms with van der Waals surface area (Å²) in [6.07, 6.45) is 2.45. The van der Waals surface area contributed by atoms with Gasteiger partial charge in [0.05, 0.1) is 25.3 Å². The Bertz CT molecular complexity index is 1170. The van der Waals surface area contributed by atoms with Gasteiger partial charge in [-0.05, 0) is 73.8 Å². The number of aromatic nitrogens is 1. The quantitative estimate of drug-likeness (QED) is 0.517. The highest BCUT2D eigenvalue weighted by Gasteiger charge is 2.26. The van der Waals surface area contributed by atoms with E-state index in [1.54, 1.807) is 18.9 Å². The topological polar surface area (TPSA) is 47.0 Å². The highest BCUT2D eigenvalue weighted by Crippen LogP contribution is 2.35. The van der Waals surface area contributed by atoms with Gasteiger partial charge in [0.15, 0.2) is 5.17 Å². The summed E-state index contributed by atoms with van der Waals surface area (Å²) in [6, 6.07) is 14.9. The first kappa shape index (κ1) is 21.3. The number of benzene rings is 2. The number of nitrogens with zero attached hydrogens (tertiary/aromatic N) is 3. The van der Waals surface area contributed by atoms with Crippen molar-refractivity contribution in [3.63, 3.8) is 0 Å². The third kappa shape index (κ3) is 4.34. The molecule has 1 aromatic heterocycles. The van der Waals surface area contributed by atoms with E-state index in [1.165, 1.54) is 22.1 Å². The van der Waals surface area contributed by atoms with Gasteiger partial charge >= 0.3 is 0 Å². The molecule has 0 spiro atoms. The summed E-state index contributed by atoms with van der Waals surface area (Å²) in [5.41, 5.74) is 6.03. The Morgan fingerprint density at radius 1 is 1.19 bits per heavy atom. The van der Waals surface area contributed by atoms with Crippen molar-refractivity contribution in [3.8, 4) is 5.75 Å². The number of para-hydroxylation sites is 1. The normalized spacial score (nSPS) is 19.5. The van der Waals surface area contributed by atoms with Crippen molar-refractivity contribution in [3.05, 3.63) is 64.7 Å². The van der Waals surface area contributed by atoms with E-state index in [9.17, 15) is 0 Å². The van der Waals surface area contributed by atoms with Crippen LogP contribution in [-0.2, 0) is 17.8 Å². The van der Waals surface area contributed by atoms with Crippen molar-refractivity contribution < 1.29 is 9.47 Å². The molecule has 5 nitrogen and oxygen atoms in total. The molecule has 0 N–H and O–H groups in total. The van der Waals surface area contributed by atoms with Crippen LogP contribution < -0.4 is 4.74 Å². The highest BCUT2D eigenvalue weighted by molar-refractivity contribution is 8.13. The van der Waals surface area contributed by atoms with Crippen molar-refractivity contribution >= 4 is 27.8 Å². The smallest absolute Gasteiger partial charge is 0.166 e. The van der Waals surface area contributed by atoms with Gasteiger partial charge in [-0.15, -0.1) is 0 Å². The van der Waals surface area contributed by atoms with E-state index >= 15 is 0 Å². The van der Waals surface area contributed by atoms with Crippen LogP contribution in [0.2, 0.25) is 0 Å². The molecule has 0 radical (unpaired) electrons. The molecule has 3 aromatic rings. The molecule has 1 unspecified atom stereocenters. The average Bonchev–Trinajstić information content (AvgIpc) is 3.31. The van der Waals surface area contributed by atoms with Gasteiger partial charge in [0.1, 0.15) is 10.8 Å². The van der Waals surface area contributed by atoms with Crippen LogP contribution in [0.15, 0.2) is 52.5 Å². The second kappa shape index (κ2) is 9.12. The molecular formula is C26H29N3O2S. The molecule has 0 saturated carbocycles. The summed E-state index contributed by atoms with van der Waals surface area (Å²) in [6.45, 7) is 7.38. The van der Waals surface area contributed by atoms with Gasteiger partial charge in [0, 0.05) is 36.2 Å². The molecule has 3 heterocycles. The average molecular weight is 448 g/mol. The monoisotopic (exact) mass is 447 g/mol. The molecule has 32 heavy (non-hydrogen) atoms. The van der Waals surface area contributed by atoms with Crippen LogP contribution in [0.25, 0.3) is 10.9 Å². The number of fused-ring (bicyclic) bond motifs is 2. The highest BCUT2D eigenvalue weighted by atomic mass is 32.2. The predicted molar refractivity (Wildman–Crippen MR) is 131 cm³/mol. The third-order valence-electron chi connectivity index (χ3n) is 6.30. The minimum Gasteiger partial charge on any atom is -0.496 e. The molecule has 1 atom stereocenters. The minimum absolute atomic E-state index is 0.229. The number of hydrogen-bond donors (Lipinski definition) is 0. The van der Waals surface area contributed by atoms with E-state index in [1.807, 2.05) is 12.1 Å². The van der Waals surface area contributed by atoms with E-state index in [4.69, 9.17) is 19.5 Å². The first-order chi connectivity index (χ1) is 15.6. The van der Waals surface area contributed by atoms with Gasteiger partial charge in [-0.2, -0.15) is 0 Å². The van der Waals surface area contributed by atoms with Crippen LogP contribution in [0.1, 0.15) is 35.1 Å². The van der Waals surface area contributed by atoms with Crippen molar-refractivity contribution in [2.75, 3.05) is 20.3 Å². The molecule has 2 aliphatic heterocycles. The van der Waals surface area contributed by atoms with Crippen LogP contribution in [0.4, 0.5) is 0 Å². The van der Waals surface area contributed by atoms with Crippen LogP contribution in [0.3, 0.4) is 0 Å². The maximum Gasteiger partial charge on any atom is 0.166 e. The Morgan fingerprint density at radius 2 is 2.03 bits per heavy atom. The van der Waals surface area contributed by atoms with Crippen LogP contribution >= 0.6 is 11.8 Å². The molecule has 1 fully saturated rings. The fourth-order valence-corrected chi connectivity index (χ4v) is 5.32.